The smallest absolute Gasteiger partial charge is 0.147 e. The molecule has 7 heteroatoms. The summed E-state index contributed by atoms with van der Waals surface area (Å²) in [6.07, 6.45) is 2.69. The van der Waals surface area contributed by atoms with Crippen molar-refractivity contribution in [3.05, 3.63) is 59.2 Å². The molecular formula is C15H17FN6. The van der Waals surface area contributed by atoms with Crippen LogP contribution in [0.1, 0.15) is 22.9 Å². The quantitative estimate of drug-likeness (QED) is 0.722. The average molecular weight is 300 g/mol. The third-order valence-corrected chi connectivity index (χ3v) is 3.40. The van der Waals surface area contributed by atoms with Crippen molar-refractivity contribution in [2.24, 2.45) is 0 Å². The summed E-state index contributed by atoms with van der Waals surface area (Å²) in [7, 11) is 0. The van der Waals surface area contributed by atoms with Gasteiger partial charge < -0.3 is 0 Å². The van der Waals surface area contributed by atoms with E-state index in [4.69, 9.17) is 0 Å². The zero-order chi connectivity index (χ0) is 15.5. The molecule has 0 aliphatic carbocycles. The minimum atomic E-state index is -0.217. The van der Waals surface area contributed by atoms with Crippen molar-refractivity contribution >= 4 is 0 Å². The Balaban J connectivity index is 1.61. The van der Waals surface area contributed by atoms with Crippen molar-refractivity contribution in [1.29, 1.82) is 0 Å². The summed E-state index contributed by atoms with van der Waals surface area (Å²) in [5, 5.41) is 12.6. The molecule has 0 amide bonds. The van der Waals surface area contributed by atoms with Gasteiger partial charge in [-0.1, -0.05) is 17.3 Å². The number of hydrogen-bond acceptors (Lipinski definition) is 4. The lowest BCUT2D eigenvalue weighted by atomic mass is 10.1. The van der Waals surface area contributed by atoms with Crippen LogP contribution in [0.2, 0.25) is 0 Å². The van der Waals surface area contributed by atoms with Gasteiger partial charge in [-0.2, -0.15) is 5.10 Å². The highest BCUT2D eigenvalue weighted by atomic mass is 19.1. The lowest BCUT2D eigenvalue weighted by molar-refractivity contribution is 0.586. The Bertz CT molecular complexity index is 759. The zero-order valence-corrected chi connectivity index (χ0v) is 12.6. The number of hydrogen-bond donors (Lipinski definition) is 0. The Morgan fingerprint density at radius 2 is 1.91 bits per heavy atom. The normalized spacial score (nSPS) is 11.0. The van der Waals surface area contributed by atoms with Crippen LogP contribution in [0.25, 0.3) is 0 Å². The molecule has 0 aliphatic heterocycles. The van der Waals surface area contributed by atoms with Gasteiger partial charge in [0.15, 0.2) is 0 Å². The number of benzene rings is 1. The van der Waals surface area contributed by atoms with E-state index in [1.165, 1.54) is 12.1 Å². The van der Waals surface area contributed by atoms with Crippen molar-refractivity contribution in [2.45, 2.75) is 33.4 Å². The third kappa shape index (κ3) is 3.36. The molecule has 0 atom stereocenters. The molecule has 114 valence electrons. The Labute approximate surface area is 127 Å². The zero-order valence-electron chi connectivity index (χ0n) is 12.6. The third-order valence-electron chi connectivity index (χ3n) is 3.40. The van der Waals surface area contributed by atoms with Gasteiger partial charge >= 0.3 is 0 Å². The Hall–Kier alpha value is -2.57. The van der Waals surface area contributed by atoms with E-state index >= 15 is 0 Å². The van der Waals surface area contributed by atoms with Crippen molar-refractivity contribution in [3.8, 4) is 0 Å². The van der Waals surface area contributed by atoms with E-state index in [0.29, 0.717) is 13.1 Å². The van der Waals surface area contributed by atoms with Crippen LogP contribution < -0.4 is 0 Å². The Morgan fingerprint density at radius 3 is 2.59 bits per heavy atom. The lowest BCUT2D eigenvalue weighted by Crippen LogP contribution is -2.04. The highest BCUT2D eigenvalue weighted by Crippen LogP contribution is 2.06. The first-order valence-electron chi connectivity index (χ1n) is 7.11. The van der Waals surface area contributed by atoms with Gasteiger partial charge in [0, 0.05) is 6.54 Å². The monoisotopic (exact) mass is 300 g/mol. The predicted molar refractivity (Wildman–Crippen MR) is 78.7 cm³/mol. The molecule has 0 saturated carbocycles. The van der Waals surface area contributed by atoms with E-state index in [1.54, 1.807) is 16.8 Å². The standard InChI is InChI=1S/C15H17FN6/c1-11-17-12(2)22(19-11)10-15-9-21(20-18-15)8-7-13-3-5-14(16)6-4-13/h3-6,9H,7-8,10H2,1-2H3. The molecule has 2 aromatic heterocycles. The van der Waals surface area contributed by atoms with Gasteiger partial charge in [-0.05, 0) is 38.0 Å². The van der Waals surface area contributed by atoms with Gasteiger partial charge in [-0.25, -0.2) is 14.1 Å². The first-order chi connectivity index (χ1) is 10.6. The fourth-order valence-electron chi connectivity index (χ4n) is 2.28. The summed E-state index contributed by atoms with van der Waals surface area (Å²) in [5.41, 5.74) is 1.91. The molecule has 0 aliphatic rings. The van der Waals surface area contributed by atoms with Crippen molar-refractivity contribution in [3.63, 3.8) is 0 Å². The summed E-state index contributed by atoms with van der Waals surface area (Å²) in [4.78, 5) is 4.26. The van der Waals surface area contributed by atoms with E-state index in [1.807, 2.05) is 24.7 Å². The van der Waals surface area contributed by atoms with Crippen LogP contribution in [-0.4, -0.2) is 29.8 Å². The number of rotatable bonds is 5. The van der Waals surface area contributed by atoms with E-state index in [2.05, 4.69) is 20.4 Å². The van der Waals surface area contributed by atoms with Crippen LogP contribution in [0.3, 0.4) is 0 Å². The van der Waals surface area contributed by atoms with Crippen LogP contribution in [-0.2, 0) is 19.5 Å². The van der Waals surface area contributed by atoms with Crippen LogP contribution >= 0.6 is 0 Å². The highest BCUT2D eigenvalue weighted by molar-refractivity contribution is 5.16. The molecule has 22 heavy (non-hydrogen) atoms. The topological polar surface area (TPSA) is 61.4 Å². The molecule has 0 unspecified atom stereocenters. The van der Waals surface area contributed by atoms with Crippen molar-refractivity contribution < 1.29 is 4.39 Å². The lowest BCUT2D eigenvalue weighted by Gasteiger charge is -2.01. The molecule has 3 aromatic rings. The summed E-state index contributed by atoms with van der Waals surface area (Å²) in [6.45, 7) is 5.04. The van der Waals surface area contributed by atoms with Gasteiger partial charge in [0.1, 0.15) is 23.2 Å². The highest BCUT2D eigenvalue weighted by Gasteiger charge is 2.07. The maximum Gasteiger partial charge on any atom is 0.147 e. The summed E-state index contributed by atoms with van der Waals surface area (Å²) in [6, 6.07) is 6.51. The van der Waals surface area contributed by atoms with E-state index in [9.17, 15) is 4.39 Å². The fraction of sp³-hybridized carbons (Fsp3) is 0.333. The SMILES string of the molecule is Cc1nc(C)n(Cc2cn(CCc3ccc(F)cc3)nn2)n1. The second kappa shape index (κ2) is 6.05. The Kier molecular flexibility index (Phi) is 3.95. The van der Waals surface area contributed by atoms with Crippen molar-refractivity contribution in [1.82, 2.24) is 29.8 Å². The number of nitrogens with zero attached hydrogens (tertiary/aromatic N) is 6. The van der Waals surface area contributed by atoms with Gasteiger partial charge in [-0.15, -0.1) is 5.10 Å². The summed E-state index contributed by atoms with van der Waals surface area (Å²) < 4.78 is 16.5. The van der Waals surface area contributed by atoms with Crippen LogP contribution in [0.4, 0.5) is 4.39 Å². The summed E-state index contributed by atoms with van der Waals surface area (Å²) >= 11 is 0. The average Bonchev–Trinajstić information content (AvgIpc) is 3.05. The molecule has 0 radical (unpaired) electrons. The van der Waals surface area contributed by atoms with Crippen LogP contribution in [0.5, 0.6) is 0 Å². The molecule has 3 rings (SSSR count). The van der Waals surface area contributed by atoms with Gasteiger partial charge in [-0.3, -0.25) is 4.68 Å². The molecule has 6 nitrogen and oxygen atoms in total. The first kappa shape index (κ1) is 14.4. The maximum absolute atomic E-state index is 12.9. The number of aryl methyl sites for hydroxylation is 4. The number of aromatic nitrogens is 6. The second-order valence-electron chi connectivity index (χ2n) is 5.21. The van der Waals surface area contributed by atoms with E-state index < -0.39 is 0 Å². The molecule has 2 heterocycles. The molecule has 0 spiro atoms. The van der Waals surface area contributed by atoms with Gasteiger partial charge in [0.05, 0.1) is 12.7 Å². The molecule has 0 fully saturated rings. The minimum Gasteiger partial charge on any atom is -0.252 e. The molecule has 0 bridgehead atoms. The largest absolute Gasteiger partial charge is 0.252 e. The first-order valence-corrected chi connectivity index (χ1v) is 7.11. The molecule has 0 saturated heterocycles. The van der Waals surface area contributed by atoms with Gasteiger partial charge in [0.2, 0.25) is 0 Å². The predicted octanol–water partition coefficient (Wildman–Crippen LogP) is 1.92. The molecule has 0 N–H and O–H groups in total. The minimum absolute atomic E-state index is 0.217. The summed E-state index contributed by atoms with van der Waals surface area (Å²) in [5.74, 6) is 1.39. The van der Waals surface area contributed by atoms with Crippen LogP contribution in [0.15, 0.2) is 30.5 Å². The maximum atomic E-state index is 12.9. The van der Waals surface area contributed by atoms with Crippen molar-refractivity contribution in [2.75, 3.05) is 0 Å². The van der Waals surface area contributed by atoms with Gasteiger partial charge in [0.25, 0.3) is 0 Å². The fourth-order valence-corrected chi connectivity index (χ4v) is 2.28. The number of halogens is 1. The van der Waals surface area contributed by atoms with E-state index in [0.717, 1.165) is 29.3 Å². The Morgan fingerprint density at radius 1 is 1.14 bits per heavy atom. The molecule has 1 aromatic carbocycles. The van der Waals surface area contributed by atoms with E-state index in [-0.39, 0.29) is 5.82 Å². The molecular weight excluding hydrogens is 283 g/mol. The second-order valence-corrected chi connectivity index (χ2v) is 5.21. The van der Waals surface area contributed by atoms with Crippen LogP contribution in [0, 0.1) is 19.7 Å².